The number of rotatable bonds is 1. The third-order valence-corrected chi connectivity index (χ3v) is 4.72. The second-order valence-corrected chi connectivity index (χ2v) is 8.19. The zero-order valence-corrected chi connectivity index (χ0v) is 17.3. The van der Waals surface area contributed by atoms with Crippen molar-refractivity contribution in [1.82, 2.24) is 0 Å². The molecule has 25 heavy (non-hydrogen) atoms. The molecular weight excluding hydrogens is 452 g/mol. The van der Waals surface area contributed by atoms with E-state index in [-0.39, 0.29) is 17.3 Å². The first-order chi connectivity index (χ1) is 11.6. The first kappa shape index (κ1) is 19.7. The van der Waals surface area contributed by atoms with Crippen LogP contribution in [0, 0.1) is 5.41 Å². The predicted octanol–water partition coefficient (Wildman–Crippen LogP) is 5.41. The normalized spacial score (nSPS) is 14.7. The zero-order chi connectivity index (χ0) is 18.8. The van der Waals surface area contributed by atoms with Crippen LogP contribution in [0.2, 0.25) is 0 Å². The van der Waals surface area contributed by atoms with E-state index < -0.39 is 5.41 Å². The van der Waals surface area contributed by atoms with Crippen molar-refractivity contribution in [3.05, 3.63) is 56.5 Å². The van der Waals surface area contributed by atoms with E-state index in [4.69, 9.17) is 9.84 Å². The Morgan fingerprint density at radius 1 is 1.12 bits per heavy atom. The SMILES string of the molecule is CC(=O)c1cc(Br)ccc1O.CC1(C)COc2cc(Br)ccc2C1=O. The van der Waals surface area contributed by atoms with Gasteiger partial charge in [-0.15, -0.1) is 0 Å². The van der Waals surface area contributed by atoms with E-state index in [0.717, 1.165) is 8.95 Å². The quantitative estimate of drug-likeness (QED) is 0.567. The molecule has 1 heterocycles. The molecule has 0 unspecified atom stereocenters. The number of Topliss-reactive ketones (excluding diaryl/α,β-unsaturated/α-hetero) is 2. The number of ether oxygens (including phenoxy) is 1. The largest absolute Gasteiger partial charge is 0.507 e. The second-order valence-electron chi connectivity index (χ2n) is 6.36. The molecule has 1 aliphatic rings. The summed E-state index contributed by atoms with van der Waals surface area (Å²) in [5, 5.41) is 9.16. The van der Waals surface area contributed by atoms with Crippen molar-refractivity contribution in [3.8, 4) is 11.5 Å². The summed E-state index contributed by atoms with van der Waals surface area (Å²) < 4.78 is 7.27. The lowest BCUT2D eigenvalue weighted by Crippen LogP contribution is -2.35. The molecule has 0 spiro atoms. The van der Waals surface area contributed by atoms with E-state index in [9.17, 15) is 9.59 Å². The molecule has 0 atom stereocenters. The van der Waals surface area contributed by atoms with Gasteiger partial charge in [-0.2, -0.15) is 0 Å². The lowest BCUT2D eigenvalue weighted by atomic mass is 9.83. The van der Waals surface area contributed by atoms with Gasteiger partial charge in [0.15, 0.2) is 11.6 Å². The van der Waals surface area contributed by atoms with Gasteiger partial charge in [0.05, 0.1) is 16.5 Å². The van der Waals surface area contributed by atoms with E-state index in [2.05, 4.69) is 31.9 Å². The third kappa shape index (κ3) is 4.70. The maximum Gasteiger partial charge on any atom is 0.175 e. The van der Waals surface area contributed by atoms with Gasteiger partial charge < -0.3 is 9.84 Å². The summed E-state index contributed by atoms with van der Waals surface area (Å²) in [5.74, 6) is 0.736. The van der Waals surface area contributed by atoms with E-state index in [1.54, 1.807) is 12.1 Å². The van der Waals surface area contributed by atoms with Gasteiger partial charge >= 0.3 is 0 Å². The smallest absolute Gasteiger partial charge is 0.175 e. The molecule has 4 nitrogen and oxygen atoms in total. The molecule has 132 valence electrons. The van der Waals surface area contributed by atoms with Crippen molar-refractivity contribution in [1.29, 1.82) is 0 Å². The Kier molecular flexibility index (Phi) is 6.06. The minimum absolute atomic E-state index is 0.0284. The van der Waals surface area contributed by atoms with Crippen LogP contribution in [0.3, 0.4) is 0 Å². The molecule has 6 heteroatoms. The number of fused-ring (bicyclic) bond motifs is 1. The topological polar surface area (TPSA) is 63.6 Å². The minimum atomic E-state index is -0.402. The number of ketones is 2. The molecule has 0 aliphatic carbocycles. The summed E-state index contributed by atoms with van der Waals surface area (Å²) in [6.07, 6.45) is 0. The molecule has 2 aromatic carbocycles. The fourth-order valence-corrected chi connectivity index (χ4v) is 2.98. The molecular formula is C19H18Br2O4. The van der Waals surface area contributed by atoms with Gasteiger partial charge in [0.25, 0.3) is 0 Å². The number of carbonyl (C=O) groups is 2. The molecule has 2 aromatic rings. The van der Waals surface area contributed by atoms with Crippen LogP contribution in [0.25, 0.3) is 0 Å². The molecule has 0 amide bonds. The first-order valence-corrected chi connectivity index (χ1v) is 9.17. The Labute approximate surface area is 163 Å². The number of benzene rings is 2. The average Bonchev–Trinajstić information content (AvgIpc) is 2.54. The Morgan fingerprint density at radius 3 is 2.32 bits per heavy atom. The lowest BCUT2D eigenvalue weighted by molar-refractivity contribution is 0.0692. The van der Waals surface area contributed by atoms with Crippen molar-refractivity contribution >= 4 is 43.4 Å². The minimum Gasteiger partial charge on any atom is -0.507 e. The number of halogens is 2. The van der Waals surface area contributed by atoms with Crippen LogP contribution in [0.5, 0.6) is 11.5 Å². The van der Waals surface area contributed by atoms with Crippen LogP contribution in [-0.4, -0.2) is 23.3 Å². The standard InChI is InChI=1S/C11H11BrO2.C8H7BrO2/c1-11(2)6-14-9-5-7(12)3-4-8(9)10(11)13;1-5(10)7-4-6(9)2-3-8(7)11/h3-5H,6H2,1-2H3;2-4,11H,1H3. The van der Waals surface area contributed by atoms with E-state index in [0.29, 0.717) is 23.5 Å². The highest BCUT2D eigenvalue weighted by atomic mass is 79.9. The Balaban J connectivity index is 0.000000186. The van der Waals surface area contributed by atoms with Gasteiger partial charge in [0, 0.05) is 8.95 Å². The predicted molar refractivity (Wildman–Crippen MR) is 104 cm³/mol. The number of hydrogen-bond donors (Lipinski definition) is 1. The zero-order valence-electron chi connectivity index (χ0n) is 14.1. The molecule has 1 N–H and O–H groups in total. The Morgan fingerprint density at radius 2 is 1.72 bits per heavy atom. The third-order valence-electron chi connectivity index (χ3n) is 3.73. The van der Waals surface area contributed by atoms with Crippen LogP contribution >= 0.6 is 31.9 Å². The summed E-state index contributed by atoms with van der Waals surface area (Å²) in [4.78, 5) is 22.8. The van der Waals surface area contributed by atoms with Gasteiger partial charge in [-0.05, 0) is 57.2 Å². The molecule has 1 aliphatic heterocycles. The average molecular weight is 470 g/mol. The van der Waals surface area contributed by atoms with E-state index in [1.807, 2.05) is 32.0 Å². The number of hydrogen-bond acceptors (Lipinski definition) is 4. The van der Waals surface area contributed by atoms with E-state index in [1.165, 1.54) is 13.0 Å². The molecule has 0 bridgehead atoms. The van der Waals surface area contributed by atoms with Crippen LogP contribution in [0.1, 0.15) is 41.5 Å². The van der Waals surface area contributed by atoms with Crippen molar-refractivity contribution in [3.63, 3.8) is 0 Å². The number of phenolic OH excluding ortho intramolecular Hbond substituents is 1. The van der Waals surface area contributed by atoms with Gasteiger partial charge in [-0.1, -0.05) is 31.9 Å². The summed E-state index contributed by atoms with van der Waals surface area (Å²) in [6, 6.07) is 10.3. The monoisotopic (exact) mass is 468 g/mol. The second kappa shape index (κ2) is 7.70. The fourth-order valence-electron chi connectivity index (χ4n) is 2.28. The first-order valence-electron chi connectivity index (χ1n) is 7.58. The van der Waals surface area contributed by atoms with Crippen molar-refractivity contribution < 1.29 is 19.4 Å². The van der Waals surface area contributed by atoms with Crippen molar-refractivity contribution in [2.45, 2.75) is 20.8 Å². The van der Waals surface area contributed by atoms with Crippen LogP contribution in [0.4, 0.5) is 0 Å². The molecule has 0 aromatic heterocycles. The maximum atomic E-state index is 12.0. The molecule has 0 saturated heterocycles. The number of phenols is 1. The van der Waals surface area contributed by atoms with Crippen molar-refractivity contribution in [2.24, 2.45) is 5.41 Å². The molecule has 3 rings (SSSR count). The highest BCUT2D eigenvalue weighted by molar-refractivity contribution is 9.10. The Hall–Kier alpha value is -1.66. The lowest BCUT2D eigenvalue weighted by Gasteiger charge is -2.29. The number of aromatic hydroxyl groups is 1. The summed E-state index contributed by atoms with van der Waals surface area (Å²) >= 11 is 6.55. The van der Waals surface area contributed by atoms with Crippen molar-refractivity contribution in [2.75, 3.05) is 6.61 Å². The Bertz CT molecular complexity index is 828. The van der Waals surface area contributed by atoms with Gasteiger partial charge in [-0.3, -0.25) is 9.59 Å². The van der Waals surface area contributed by atoms with E-state index >= 15 is 0 Å². The maximum absolute atomic E-state index is 12.0. The highest BCUT2D eigenvalue weighted by Gasteiger charge is 2.35. The molecule has 0 fully saturated rings. The molecule has 0 saturated carbocycles. The van der Waals surface area contributed by atoms with Gasteiger partial charge in [0.1, 0.15) is 18.1 Å². The summed E-state index contributed by atoms with van der Waals surface area (Å²) in [5.41, 5.74) is 0.629. The van der Waals surface area contributed by atoms with Crippen LogP contribution < -0.4 is 4.74 Å². The summed E-state index contributed by atoms with van der Waals surface area (Å²) in [6.45, 7) is 5.68. The fraction of sp³-hybridized carbons (Fsp3) is 0.263. The summed E-state index contributed by atoms with van der Waals surface area (Å²) in [7, 11) is 0. The number of carbonyl (C=O) groups excluding carboxylic acids is 2. The van der Waals surface area contributed by atoms with Crippen LogP contribution in [0.15, 0.2) is 45.3 Å². The van der Waals surface area contributed by atoms with Crippen LogP contribution in [-0.2, 0) is 0 Å². The van der Waals surface area contributed by atoms with Gasteiger partial charge in [0.2, 0.25) is 0 Å². The molecule has 0 radical (unpaired) electrons. The van der Waals surface area contributed by atoms with Gasteiger partial charge in [-0.25, -0.2) is 0 Å². The highest BCUT2D eigenvalue weighted by Crippen LogP contribution is 2.35.